The van der Waals surface area contributed by atoms with E-state index in [0.717, 1.165) is 30.6 Å². The Balaban J connectivity index is 1.89. The van der Waals surface area contributed by atoms with E-state index in [0.29, 0.717) is 6.04 Å². The molecule has 2 nitrogen and oxygen atoms in total. The first-order chi connectivity index (χ1) is 9.29. The molecule has 3 unspecified atom stereocenters. The minimum absolute atomic E-state index is 0.543. The van der Waals surface area contributed by atoms with Crippen molar-refractivity contribution in [2.24, 2.45) is 11.8 Å². The first kappa shape index (κ1) is 13.0. The van der Waals surface area contributed by atoms with Gasteiger partial charge in [-0.3, -0.25) is 0 Å². The molecule has 3 atom stereocenters. The van der Waals surface area contributed by atoms with E-state index in [1.807, 2.05) is 0 Å². The Morgan fingerprint density at radius 2 is 2.16 bits per heavy atom. The van der Waals surface area contributed by atoms with Crippen molar-refractivity contribution in [1.82, 2.24) is 5.32 Å². The van der Waals surface area contributed by atoms with E-state index < -0.39 is 0 Å². The van der Waals surface area contributed by atoms with Crippen LogP contribution >= 0.6 is 0 Å². The van der Waals surface area contributed by atoms with Crippen molar-refractivity contribution in [2.75, 3.05) is 13.7 Å². The van der Waals surface area contributed by atoms with E-state index in [1.165, 1.54) is 36.8 Å². The zero-order valence-electron chi connectivity index (χ0n) is 12.1. The molecule has 1 aliphatic heterocycles. The summed E-state index contributed by atoms with van der Waals surface area (Å²) in [7, 11) is 1.79. The summed E-state index contributed by atoms with van der Waals surface area (Å²) in [4.78, 5) is 0. The molecule has 1 aliphatic carbocycles. The molecule has 1 aromatic rings. The minimum Gasteiger partial charge on any atom is -0.496 e. The molecule has 19 heavy (non-hydrogen) atoms. The molecule has 0 aromatic heterocycles. The maximum absolute atomic E-state index is 5.54. The summed E-state index contributed by atoms with van der Waals surface area (Å²) in [5, 5.41) is 3.76. The third kappa shape index (κ3) is 2.51. The molecular weight excluding hydrogens is 234 g/mol. The van der Waals surface area contributed by atoms with Gasteiger partial charge in [-0.1, -0.05) is 31.9 Å². The Labute approximate surface area is 116 Å². The normalized spacial score (nSPS) is 30.7. The van der Waals surface area contributed by atoms with Crippen LogP contribution in [-0.2, 0) is 6.42 Å². The highest BCUT2D eigenvalue weighted by Crippen LogP contribution is 2.41. The second-order valence-corrected chi connectivity index (χ2v) is 6.24. The predicted octanol–water partition coefficient (Wildman–Crippen LogP) is 3.71. The first-order valence-corrected chi connectivity index (χ1v) is 7.68. The Morgan fingerprint density at radius 1 is 1.26 bits per heavy atom. The highest BCUT2D eigenvalue weighted by molar-refractivity contribution is 5.43. The summed E-state index contributed by atoms with van der Waals surface area (Å²) in [6.45, 7) is 3.49. The van der Waals surface area contributed by atoms with Gasteiger partial charge in [0.25, 0.3) is 0 Å². The molecule has 1 N–H and O–H groups in total. The first-order valence-electron chi connectivity index (χ1n) is 7.68. The molecule has 0 spiro atoms. The smallest absolute Gasteiger partial charge is 0.122 e. The molecule has 2 heteroatoms. The molecule has 1 saturated carbocycles. The average molecular weight is 259 g/mol. The van der Waals surface area contributed by atoms with E-state index in [9.17, 15) is 0 Å². The quantitative estimate of drug-likeness (QED) is 0.874. The lowest BCUT2D eigenvalue weighted by Crippen LogP contribution is -2.36. The van der Waals surface area contributed by atoms with Crippen LogP contribution < -0.4 is 10.1 Å². The summed E-state index contributed by atoms with van der Waals surface area (Å²) in [5.41, 5.74) is 2.93. The standard InChI is InChI=1S/C17H25NO/c1-12-5-3-6-13(11-12)17-15-7-4-8-16(19-2)14(15)9-10-18-17/h4,7-8,12-13,17-18H,3,5-6,9-11H2,1-2H3. The van der Waals surface area contributed by atoms with Crippen LogP contribution in [0.3, 0.4) is 0 Å². The minimum atomic E-state index is 0.543. The SMILES string of the molecule is COc1cccc2c1CCNC2C1CCCC(C)C1. The third-order valence-corrected chi connectivity index (χ3v) is 4.91. The average Bonchev–Trinajstić information content (AvgIpc) is 2.46. The fraction of sp³-hybridized carbons (Fsp3) is 0.647. The number of hydrogen-bond donors (Lipinski definition) is 1. The summed E-state index contributed by atoms with van der Waals surface area (Å²) in [6.07, 6.45) is 6.64. The van der Waals surface area contributed by atoms with Crippen LogP contribution in [-0.4, -0.2) is 13.7 Å². The van der Waals surface area contributed by atoms with Gasteiger partial charge >= 0.3 is 0 Å². The zero-order chi connectivity index (χ0) is 13.2. The van der Waals surface area contributed by atoms with Gasteiger partial charge in [-0.2, -0.15) is 0 Å². The van der Waals surface area contributed by atoms with Crippen molar-refractivity contribution in [1.29, 1.82) is 0 Å². The second kappa shape index (κ2) is 5.54. The molecule has 1 aromatic carbocycles. The van der Waals surface area contributed by atoms with Crippen LogP contribution in [0, 0.1) is 11.8 Å². The van der Waals surface area contributed by atoms with Crippen LogP contribution in [0.4, 0.5) is 0 Å². The Morgan fingerprint density at radius 3 is 2.95 bits per heavy atom. The number of methoxy groups -OCH3 is 1. The maximum atomic E-state index is 5.54. The highest BCUT2D eigenvalue weighted by atomic mass is 16.5. The third-order valence-electron chi connectivity index (χ3n) is 4.91. The van der Waals surface area contributed by atoms with Gasteiger partial charge in [0.1, 0.15) is 5.75 Å². The molecule has 104 valence electrons. The van der Waals surface area contributed by atoms with Crippen molar-refractivity contribution in [3.8, 4) is 5.75 Å². The van der Waals surface area contributed by atoms with Crippen molar-refractivity contribution in [2.45, 2.75) is 45.1 Å². The number of fused-ring (bicyclic) bond motifs is 1. The van der Waals surface area contributed by atoms with Crippen molar-refractivity contribution in [3.63, 3.8) is 0 Å². The van der Waals surface area contributed by atoms with Crippen LogP contribution in [0.25, 0.3) is 0 Å². The summed E-state index contributed by atoms with van der Waals surface area (Å²) >= 11 is 0. The van der Waals surface area contributed by atoms with E-state index in [1.54, 1.807) is 7.11 Å². The molecule has 3 rings (SSSR count). The van der Waals surface area contributed by atoms with Crippen LogP contribution in [0.5, 0.6) is 5.75 Å². The summed E-state index contributed by atoms with van der Waals surface area (Å²) in [5.74, 6) is 2.76. The fourth-order valence-electron chi connectivity index (χ4n) is 4.00. The van der Waals surface area contributed by atoms with Crippen LogP contribution in [0.2, 0.25) is 0 Å². The molecule has 0 radical (unpaired) electrons. The van der Waals surface area contributed by atoms with Crippen molar-refractivity contribution in [3.05, 3.63) is 29.3 Å². The van der Waals surface area contributed by atoms with Gasteiger partial charge in [0.2, 0.25) is 0 Å². The van der Waals surface area contributed by atoms with Gasteiger partial charge in [0, 0.05) is 11.6 Å². The fourth-order valence-corrected chi connectivity index (χ4v) is 4.00. The van der Waals surface area contributed by atoms with Crippen molar-refractivity contribution >= 4 is 0 Å². The Kier molecular flexibility index (Phi) is 3.79. The highest BCUT2D eigenvalue weighted by Gasteiger charge is 2.31. The maximum Gasteiger partial charge on any atom is 0.122 e. The number of nitrogens with one attached hydrogen (secondary N) is 1. The number of rotatable bonds is 2. The molecule has 1 fully saturated rings. The molecule has 0 saturated heterocycles. The molecule has 0 bridgehead atoms. The number of ether oxygens (including phenoxy) is 1. The molecule has 2 aliphatic rings. The van der Waals surface area contributed by atoms with E-state index in [2.05, 4.69) is 30.4 Å². The largest absolute Gasteiger partial charge is 0.496 e. The van der Waals surface area contributed by atoms with Crippen molar-refractivity contribution < 1.29 is 4.74 Å². The number of benzene rings is 1. The lowest BCUT2D eigenvalue weighted by molar-refractivity contribution is 0.218. The molecule has 0 amide bonds. The Bertz CT molecular complexity index is 443. The summed E-state index contributed by atoms with van der Waals surface area (Å²) < 4.78 is 5.54. The summed E-state index contributed by atoms with van der Waals surface area (Å²) in [6, 6.07) is 7.09. The van der Waals surface area contributed by atoms with Gasteiger partial charge in [-0.15, -0.1) is 0 Å². The van der Waals surface area contributed by atoms with E-state index in [-0.39, 0.29) is 0 Å². The van der Waals surface area contributed by atoms with Gasteiger partial charge in [0.15, 0.2) is 0 Å². The molecular formula is C17H25NO. The number of hydrogen-bond acceptors (Lipinski definition) is 2. The zero-order valence-corrected chi connectivity index (χ0v) is 12.1. The lowest BCUT2D eigenvalue weighted by Gasteiger charge is -2.37. The van der Waals surface area contributed by atoms with Gasteiger partial charge in [-0.25, -0.2) is 0 Å². The lowest BCUT2D eigenvalue weighted by atomic mass is 9.74. The van der Waals surface area contributed by atoms with Crippen LogP contribution in [0.15, 0.2) is 18.2 Å². The molecule has 1 heterocycles. The van der Waals surface area contributed by atoms with Crippen LogP contribution in [0.1, 0.15) is 49.8 Å². The van der Waals surface area contributed by atoms with E-state index in [4.69, 9.17) is 4.74 Å². The van der Waals surface area contributed by atoms with E-state index >= 15 is 0 Å². The Hall–Kier alpha value is -1.02. The van der Waals surface area contributed by atoms with Gasteiger partial charge in [0.05, 0.1) is 7.11 Å². The topological polar surface area (TPSA) is 21.3 Å². The predicted molar refractivity (Wildman–Crippen MR) is 78.6 cm³/mol. The monoisotopic (exact) mass is 259 g/mol. The van der Waals surface area contributed by atoms with Gasteiger partial charge < -0.3 is 10.1 Å². The second-order valence-electron chi connectivity index (χ2n) is 6.24. The van der Waals surface area contributed by atoms with Gasteiger partial charge in [-0.05, 0) is 49.3 Å².